The number of nitrogens with one attached hydrogen (secondary N) is 1. The Kier molecular flexibility index (Phi) is 3.71. The number of benzene rings is 1. The molecule has 1 fully saturated rings. The SMILES string of the molecule is Fc1cc(N2CCNCC2)cc2c1C=C(c1ccccn1)CO2. The molecule has 0 radical (unpaired) electrons. The molecule has 2 aliphatic rings. The van der Waals surface area contributed by atoms with Gasteiger partial charge in [-0.3, -0.25) is 4.98 Å². The summed E-state index contributed by atoms with van der Waals surface area (Å²) in [6.07, 6.45) is 3.58. The minimum Gasteiger partial charge on any atom is -0.488 e. The van der Waals surface area contributed by atoms with Gasteiger partial charge in [0, 0.05) is 49.7 Å². The van der Waals surface area contributed by atoms with Crippen LogP contribution in [-0.4, -0.2) is 37.8 Å². The van der Waals surface area contributed by atoms with E-state index in [9.17, 15) is 4.39 Å². The minimum absolute atomic E-state index is 0.246. The van der Waals surface area contributed by atoms with Crippen LogP contribution in [0.4, 0.5) is 10.1 Å². The van der Waals surface area contributed by atoms with E-state index in [0.29, 0.717) is 17.9 Å². The molecule has 2 aromatic rings. The highest BCUT2D eigenvalue weighted by Gasteiger charge is 2.20. The summed E-state index contributed by atoms with van der Waals surface area (Å²) >= 11 is 0. The fraction of sp³-hybridized carbons (Fsp3) is 0.278. The molecule has 0 atom stereocenters. The van der Waals surface area contributed by atoms with E-state index in [4.69, 9.17) is 4.74 Å². The quantitative estimate of drug-likeness (QED) is 0.925. The first-order chi connectivity index (χ1) is 11.3. The molecule has 0 saturated carbocycles. The maximum atomic E-state index is 14.6. The Morgan fingerprint density at radius 3 is 2.83 bits per heavy atom. The first kappa shape index (κ1) is 14.2. The van der Waals surface area contributed by atoms with Crippen LogP contribution in [0.1, 0.15) is 11.3 Å². The van der Waals surface area contributed by atoms with E-state index < -0.39 is 0 Å². The molecule has 1 aromatic heterocycles. The predicted molar refractivity (Wildman–Crippen MR) is 89.1 cm³/mol. The second kappa shape index (κ2) is 6.01. The Bertz CT molecular complexity index is 739. The molecule has 2 aliphatic heterocycles. The summed E-state index contributed by atoms with van der Waals surface area (Å²) in [4.78, 5) is 6.49. The van der Waals surface area contributed by atoms with E-state index in [1.807, 2.05) is 30.3 Å². The second-order valence-electron chi connectivity index (χ2n) is 5.75. The van der Waals surface area contributed by atoms with Crippen molar-refractivity contribution in [2.24, 2.45) is 0 Å². The van der Waals surface area contributed by atoms with Gasteiger partial charge in [0.05, 0.1) is 11.3 Å². The van der Waals surface area contributed by atoms with Crippen LogP contribution in [0, 0.1) is 5.82 Å². The molecule has 1 aromatic carbocycles. The zero-order chi connectivity index (χ0) is 15.6. The first-order valence-electron chi connectivity index (χ1n) is 7.85. The van der Waals surface area contributed by atoms with E-state index in [2.05, 4.69) is 15.2 Å². The molecular formula is C18H18FN3O. The van der Waals surface area contributed by atoms with Crippen LogP contribution in [0.15, 0.2) is 36.5 Å². The van der Waals surface area contributed by atoms with Gasteiger partial charge in [-0.2, -0.15) is 0 Å². The van der Waals surface area contributed by atoms with E-state index in [0.717, 1.165) is 43.1 Å². The number of pyridine rings is 1. The second-order valence-corrected chi connectivity index (χ2v) is 5.75. The molecule has 0 spiro atoms. The van der Waals surface area contributed by atoms with Gasteiger partial charge in [0.1, 0.15) is 18.2 Å². The molecule has 0 amide bonds. The molecule has 0 aliphatic carbocycles. The molecule has 5 heteroatoms. The summed E-state index contributed by atoms with van der Waals surface area (Å²) in [5.41, 5.74) is 3.11. The summed E-state index contributed by atoms with van der Waals surface area (Å²) < 4.78 is 20.4. The van der Waals surface area contributed by atoms with Crippen LogP contribution in [0.2, 0.25) is 0 Å². The third-order valence-electron chi connectivity index (χ3n) is 4.25. The van der Waals surface area contributed by atoms with Crippen molar-refractivity contribution in [3.63, 3.8) is 0 Å². The molecule has 0 unspecified atom stereocenters. The van der Waals surface area contributed by atoms with Crippen LogP contribution in [-0.2, 0) is 0 Å². The third-order valence-corrected chi connectivity index (χ3v) is 4.25. The summed E-state index contributed by atoms with van der Waals surface area (Å²) in [6, 6.07) is 9.23. The van der Waals surface area contributed by atoms with Crippen molar-refractivity contribution in [3.8, 4) is 5.75 Å². The van der Waals surface area contributed by atoms with Gasteiger partial charge in [-0.25, -0.2) is 4.39 Å². The van der Waals surface area contributed by atoms with Gasteiger partial charge < -0.3 is 15.0 Å². The largest absolute Gasteiger partial charge is 0.488 e. The zero-order valence-electron chi connectivity index (χ0n) is 12.8. The third kappa shape index (κ3) is 2.80. The van der Waals surface area contributed by atoms with Crippen molar-refractivity contribution in [2.45, 2.75) is 0 Å². The fourth-order valence-electron chi connectivity index (χ4n) is 3.02. The number of aromatic nitrogens is 1. The van der Waals surface area contributed by atoms with Crippen molar-refractivity contribution in [1.29, 1.82) is 0 Å². The summed E-state index contributed by atoms with van der Waals surface area (Å²) in [5.74, 6) is 0.363. The van der Waals surface area contributed by atoms with Crippen LogP contribution < -0.4 is 15.0 Å². The van der Waals surface area contributed by atoms with Crippen LogP contribution >= 0.6 is 0 Å². The lowest BCUT2D eigenvalue weighted by molar-refractivity contribution is 0.362. The number of hydrogen-bond acceptors (Lipinski definition) is 4. The monoisotopic (exact) mass is 311 g/mol. The van der Waals surface area contributed by atoms with Gasteiger partial charge in [0.25, 0.3) is 0 Å². The highest BCUT2D eigenvalue weighted by Crippen LogP contribution is 2.35. The number of rotatable bonds is 2. The Morgan fingerprint density at radius 2 is 2.04 bits per heavy atom. The van der Waals surface area contributed by atoms with Crippen molar-refractivity contribution in [2.75, 3.05) is 37.7 Å². The lowest BCUT2D eigenvalue weighted by Gasteiger charge is -2.30. The highest BCUT2D eigenvalue weighted by molar-refractivity contribution is 5.85. The van der Waals surface area contributed by atoms with Gasteiger partial charge in [-0.05, 0) is 24.3 Å². The normalized spacial score (nSPS) is 17.3. The van der Waals surface area contributed by atoms with Gasteiger partial charge in [-0.1, -0.05) is 6.07 Å². The predicted octanol–water partition coefficient (Wildman–Crippen LogP) is 2.56. The number of anilines is 1. The number of ether oxygens (including phenoxy) is 1. The van der Waals surface area contributed by atoms with Crippen LogP contribution in [0.3, 0.4) is 0 Å². The topological polar surface area (TPSA) is 37.4 Å². The first-order valence-corrected chi connectivity index (χ1v) is 7.85. The van der Waals surface area contributed by atoms with Gasteiger partial charge in [-0.15, -0.1) is 0 Å². The summed E-state index contributed by atoms with van der Waals surface area (Å²) in [7, 11) is 0. The van der Waals surface area contributed by atoms with E-state index in [-0.39, 0.29) is 5.82 Å². The van der Waals surface area contributed by atoms with E-state index >= 15 is 0 Å². The average molecular weight is 311 g/mol. The lowest BCUT2D eigenvalue weighted by atomic mass is 10.0. The molecule has 118 valence electrons. The number of fused-ring (bicyclic) bond motifs is 1. The van der Waals surface area contributed by atoms with Crippen molar-refractivity contribution in [1.82, 2.24) is 10.3 Å². The summed E-state index contributed by atoms with van der Waals surface area (Å²) in [5, 5.41) is 3.30. The number of hydrogen-bond donors (Lipinski definition) is 1. The van der Waals surface area contributed by atoms with Gasteiger partial charge >= 0.3 is 0 Å². The molecular weight excluding hydrogens is 293 g/mol. The van der Waals surface area contributed by atoms with Gasteiger partial charge in [0.15, 0.2) is 0 Å². The maximum Gasteiger partial charge on any atom is 0.136 e. The Labute approximate surface area is 134 Å². The van der Waals surface area contributed by atoms with Crippen LogP contribution in [0.5, 0.6) is 5.75 Å². The molecule has 23 heavy (non-hydrogen) atoms. The molecule has 0 bridgehead atoms. The highest BCUT2D eigenvalue weighted by atomic mass is 19.1. The molecule has 4 nitrogen and oxygen atoms in total. The Hall–Kier alpha value is -2.40. The number of piperazine rings is 1. The van der Waals surface area contributed by atoms with Gasteiger partial charge in [0.2, 0.25) is 0 Å². The molecule has 4 rings (SSSR count). The summed E-state index contributed by atoms with van der Waals surface area (Å²) in [6.45, 7) is 4.02. The average Bonchev–Trinajstić information content (AvgIpc) is 2.63. The number of nitrogens with zero attached hydrogens (tertiary/aromatic N) is 2. The maximum absolute atomic E-state index is 14.6. The lowest BCUT2D eigenvalue weighted by Crippen LogP contribution is -2.43. The van der Waals surface area contributed by atoms with Crippen LogP contribution in [0.25, 0.3) is 11.6 Å². The molecule has 1 N–H and O–H groups in total. The molecule has 1 saturated heterocycles. The smallest absolute Gasteiger partial charge is 0.136 e. The van der Waals surface area contributed by atoms with E-state index in [1.54, 1.807) is 12.3 Å². The van der Waals surface area contributed by atoms with Crippen molar-refractivity contribution in [3.05, 3.63) is 53.6 Å². The number of halogens is 1. The van der Waals surface area contributed by atoms with Crippen molar-refractivity contribution < 1.29 is 9.13 Å². The zero-order valence-corrected chi connectivity index (χ0v) is 12.8. The van der Waals surface area contributed by atoms with E-state index in [1.165, 1.54) is 0 Å². The fourth-order valence-corrected chi connectivity index (χ4v) is 3.02. The minimum atomic E-state index is -0.246. The Balaban J connectivity index is 1.69. The standard InChI is InChI=1S/C18H18FN3O/c19-16-10-14(22-7-5-20-6-8-22)11-18-15(16)9-13(12-23-18)17-3-1-2-4-21-17/h1-4,9-11,20H,5-8,12H2. The van der Waals surface area contributed by atoms with Crippen molar-refractivity contribution >= 4 is 17.3 Å². The molecule has 3 heterocycles. The Morgan fingerprint density at radius 1 is 1.17 bits per heavy atom.